The number of ether oxygens (including phenoxy) is 1. The number of anilines is 1. The number of nitrogens with one attached hydrogen (secondary N) is 1. The lowest BCUT2D eigenvalue weighted by Crippen LogP contribution is -2.17. The molecule has 29 heavy (non-hydrogen) atoms. The van der Waals surface area contributed by atoms with Crippen molar-refractivity contribution in [3.8, 4) is 17.1 Å². The van der Waals surface area contributed by atoms with Crippen molar-refractivity contribution in [2.45, 2.75) is 24.7 Å². The lowest BCUT2D eigenvalue weighted by molar-refractivity contribution is -0.385. The maximum Gasteiger partial charge on any atom is 0.269 e. The second kappa shape index (κ2) is 8.34. The van der Waals surface area contributed by atoms with E-state index in [1.165, 1.54) is 23.9 Å². The van der Waals surface area contributed by atoms with Gasteiger partial charge in [0, 0.05) is 39.2 Å². The number of non-ortho nitro benzene ring substituents is 1. The standard InChI is InChI=1S/C19H16BrN5O3S/c1-2-8-29-19-22-18-16(23-24-19)14-10-12(20)6-7-15(14)21-17(28-18)11-4-3-5-13(9-11)25(26)27/h3-7,9-10,17,21H,2,8H2,1H3/t17-/m0/s1. The van der Waals surface area contributed by atoms with Gasteiger partial charge in [0.2, 0.25) is 11.0 Å². The zero-order valence-corrected chi connectivity index (χ0v) is 17.7. The largest absolute Gasteiger partial charge is 0.448 e. The summed E-state index contributed by atoms with van der Waals surface area (Å²) in [6.07, 6.45) is 0.316. The van der Waals surface area contributed by atoms with Gasteiger partial charge in [-0.05, 0) is 24.6 Å². The van der Waals surface area contributed by atoms with Gasteiger partial charge < -0.3 is 10.1 Å². The summed E-state index contributed by atoms with van der Waals surface area (Å²) >= 11 is 4.99. The molecule has 1 aliphatic heterocycles. The molecule has 0 fully saturated rings. The van der Waals surface area contributed by atoms with E-state index < -0.39 is 11.2 Å². The van der Waals surface area contributed by atoms with E-state index in [9.17, 15) is 10.1 Å². The van der Waals surface area contributed by atoms with Crippen molar-refractivity contribution < 1.29 is 9.66 Å². The van der Waals surface area contributed by atoms with Gasteiger partial charge >= 0.3 is 0 Å². The molecule has 0 saturated heterocycles. The molecule has 1 aliphatic rings. The van der Waals surface area contributed by atoms with Crippen molar-refractivity contribution in [2.75, 3.05) is 11.1 Å². The first-order valence-electron chi connectivity index (χ1n) is 8.90. The van der Waals surface area contributed by atoms with Crippen molar-refractivity contribution in [3.63, 3.8) is 0 Å². The van der Waals surface area contributed by atoms with Crippen molar-refractivity contribution in [1.82, 2.24) is 15.2 Å². The minimum Gasteiger partial charge on any atom is -0.448 e. The minimum atomic E-state index is -0.670. The molecule has 1 aromatic heterocycles. The van der Waals surface area contributed by atoms with Gasteiger partial charge in [0.25, 0.3) is 5.69 Å². The van der Waals surface area contributed by atoms with Gasteiger partial charge in [-0.15, -0.1) is 10.2 Å². The Bertz CT molecular complexity index is 1080. The summed E-state index contributed by atoms with van der Waals surface area (Å²) in [7, 11) is 0. The van der Waals surface area contributed by atoms with Gasteiger partial charge in [-0.3, -0.25) is 10.1 Å². The lowest BCUT2D eigenvalue weighted by Gasteiger charge is -2.19. The van der Waals surface area contributed by atoms with Crippen LogP contribution in [-0.2, 0) is 0 Å². The third-order valence-corrected chi connectivity index (χ3v) is 5.74. The van der Waals surface area contributed by atoms with Crippen LogP contribution in [0.15, 0.2) is 52.1 Å². The van der Waals surface area contributed by atoms with E-state index in [-0.39, 0.29) is 5.69 Å². The first kappa shape index (κ1) is 19.6. The molecule has 0 bridgehead atoms. The summed E-state index contributed by atoms with van der Waals surface area (Å²) in [4.78, 5) is 15.3. The summed E-state index contributed by atoms with van der Waals surface area (Å²) in [6, 6.07) is 12.0. The highest BCUT2D eigenvalue weighted by molar-refractivity contribution is 9.10. The highest BCUT2D eigenvalue weighted by Gasteiger charge is 2.27. The maximum absolute atomic E-state index is 11.2. The highest BCUT2D eigenvalue weighted by Crippen LogP contribution is 2.41. The van der Waals surface area contributed by atoms with Gasteiger partial charge in [0.15, 0.2) is 11.9 Å². The fourth-order valence-corrected chi connectivity index (χ4v) is 3.87. The Morgan fingerprint density at radius 2 is 2.14 bits per heavy atom. The third-order valence-electron chi connectivity index (χ3n) is 4.21. The Balaban J connectivity index is 1.81. The normalized spacial score (nSPS) is 14.8. The number of rotatable bonds is 5. The van der Waals surface area contributed by atoms with Gasteiger partial charge in [0.1, 0.15) is 0 Å². The van der Waals surface area contributed by atoms with Gasteiger partial charge in [-0.25, -0.2) is 0 Å². The van der Waals surface area contributed by atoms with Crippen LogP contribution in [0.2, 0.25) is 0 Å². The number of nitro groups is 1. The van der Waals surface area contributed by atoms with Crippen LogP contribution in [0, 0.1) is 10.1 Å². The molecule has 0 amide bonds. The second-order valence-electron chi connectivity index (χ2n) is 6.28. The van der Waals surface area contributed by atoms with Crippen LogP contribution in [0.4, 0.5) is 11.4 Å². The Morgan fingerprint density at radius 1 is 1.28 bits per heavy atom. The summed E-state index contributed by atoms with van der Waals surface area (Å²) in [5.41, 5.74) is 2.68. The molecule has 0 spiro atoms. The first-order valence-corrected chi connectivity index (χ1v) is 10.7. The van der Waals surface area contributed by atoms with Crippen LogP contribution in [0.1, 0.15) is 25.1 Å². The Hall–Kier alpha value is -2.72. The fraction of sp³-hybridized carbons (Fsp3) is 0.211. The van der Waals surface area contributed by atoms with E-state index in [2.05, 4.69) is 43.4 Å². The predicted octanol–water partition coefficient (Wildman–Crippen LogP) is 5.21. The molecular formula is C19H16BrN5O3S. The van der Waals surface area contributed by atoms with Crippen LogP contribution in [0.3, 0.4) is 0 Å². The van der Waals surface area contributed by atoms with E-state index in [0.29, 0.717) is 22.3 Å². The van der Waals surface area contributed by atoms with E-state index >= 15 is 0 Å². The Labute approximate surface area is 179 Å². The molecule has 3 aromatic rings. The SMILES string of the molecule is CCCSc1nnc2c(n1)O[C@@H](c1cccc([N+](=O)[O-])c1)Nc1ccc(Br)cc1-2. The number of halogens is 1. The van der Waals surface area contributed by atoms with Crippen molar-refractivity contribution >= 4 is 39.1 Å². The topological polar surface area (TPSA) is 103 Å². The van der Waals surface area contributed by atoms with Crippen molar-refractivity contribution in [3.05, 3.63) is 62.6 Å². The Kier molecular flexibility index (Phi) is 5.63. The molecule has 4 rings (SSSR count). The van der Waals surface area contributed by atoms with Crippen LogP contribution in [0.25, 0.3) is 11.3 Å². The van der Waals surface area contributed by atoms with Crippen LogP contribution in [-0.4, -0.2) is 25.9 Å². The number of hydrogen-bond acceptors (Lipinski definition) is 8. The van der Waals surface area contributed by atoms with Gasteiger partial charge in [-0.2, -0.15) is 4.98 Å². The van der Waals surface area contributed by atoms with Gasteiger partial charge in [-0.1, -0.05) is 46.7 Å². The maximum atomic E-state index is 11.2. The van der Waals surface area contributed by atoms with Crippen LogP contribution in [0.5, 0.6) is 5.88 Å². The number of nitrogens with zero attached hydrogens (tertiary/aromatic N) is 4. The summed E-state index contributed by atoms with van der Waals surface area (Å²) in [5, 5.41) is 23.6. The number of hydrogen-bond donors (Lipinski definition) is 1. The smallest absolute Gasteiger partial charge is 0.269 e. The molecule has 2 aromatic carbocycles. The van der Waals surface area contributed by atoms with Crippen LogP contribution < -0.4 is 10.1 Å². The van der Waals surface area contributed by atoms with E-state index in [4.69, 9.17) is 4.74 Å². The number of aromatic nitrogens is 3. The van der Waals surface area contributed by atoms with Crippen molar-refractivity contribution in [1.29, 1.82) is 0 Å². The molecule has 1 N–H and O–H groups in total. The third kappa shape index (κ3) is 4.18. The molecule has 0 aliphatic carbocycles. The molecule has 10 heteroatoms. The molecule has 1 atom stereocenters. The second-order valence-corrected chi connectivity index (χ2v) is 8.26. The summed E-state index contributed by atoms with van der Waals surface area (Å²) < 4.78 is 7.02. The average Bonchev–Trinajstić information content (AvgIpc) is 2.88. The first-order chi connectivity index (χ1) is 14.0. The highest BCUT2D eigenvalue weighted by atomic mass is 79.9. The van der Waals surface area contributed by atoms with Crippen molar-refractivity contribution in [2.24, 2.45) is 0 Å². The lowest BCUT2D eigenvalue weighted by atomic mass is 10.1. The van der Waals surface area contributed by atoms with E-state index in [1.807, 2.05) is 18.2 Å². The monoisotopic (exact) mass is 473 g/mol. The summed E-state index contributed by atoms with van der Waals surface area (Å²) in [6.45, 7) is 2.08. The molecule has 148 valence electrons. The molecule has 0 unspecified atom stereocenters. The zero-order valence-electron chi connectivity index (χ0n) is 15.3. The number of fused-ring (bicyclic) bond motifs is 3. The number of benzene rings is 2. The molecule has 0 radical (unpaired) electrons. The zero-order chi connectivity index (χ0) is 20.4. The minimum absolute atomic E-state index is 0.00611. The Morgan fingerprint density at radius 3 is 2.93 bits per heavy atom. The fourth-order valence-electron chi connectivity index (χ4n) is 2.88. The van der Waals surface area contributed by atoms with E-state index in [0.717, 1.165) is 27.9 Å². The number of nitro benzene ring substituents is 1. The predicted molar refractivity (Wildman–Crippen MR) is 114 cm³/mol. The van der Waals surface area contributed by atoms with Crippen LogP contribution >= 0.6 is 27.7 Å². The summed E-state index contributed by atoms with van der Waals surface area (Å²) in [5.74, 6) is 1.20. The molecule has 8 nitrogen and oxygen atoms in total. The average molecular weight is 474 g/mol. The van der Waals surface area contributed by atoms with Gasteiger partial charge in [0.05, 0.1) is 4.92 Å². The molecule has 2 heterocycles. The quantitative estimate of drug-likeness (QED) is 0.305. The molecule has 0 saturated carbocycles. The van der Waals surface area contributed by atoms with E-state index in [1.54, 1.807) is 12.1 Å². The number of thioether (sulfide) groups is 1. The molecular weight excluding hydrogens is 458 g/mol.